The Kier molecular flexibility index (Phi) is 6.79. The number of nitrogens with zero attached hydrogens (tertiary/aromatic N) is 4. The maximum Gasteiger partial charge on any atom is 0.287 e. The number of nitrogens with one attached hydrogen (secondary N) is 2. The van der Waals surface area contributed by atoms with Crippen LogP contribution in [-0.2, 0) is 13.0 Å². The molecule has 0 spiro atoms. The summed E-state index contributed by atoms with van der Waals surface area (Å²) in [5.74, 6) is 0.436. The van der Waals surface area contributed by atoms with Crippen LogP contribution >= 0.6 is 15.9 Å². The number of hydrogen-bond acceptors (Lipinski definition) is 6. The lowest BCUT2D eigenvalue weighted by molar-refractivity contribution is 0.0920. The molecule has 1 aliphatic carbocycles. The van der Waals surface area contributed by atoms with Gasteiger partial charge in [0.25, 0.3) is 11.8 Å². The fourth-order valence-electron chi connectivity index (χ4n) is 3.68. The number of hydrogen-bond donors (Lipinski definition) is 2. The standard InChI is InChI=1S/C22H23BrN6O3/c1-14-19-17(27-28-21(30)15-10-16(23)12-25-11-15)4-2-5-18(19)32-20(14)22(31)26-6-3-8-29-9-7-24-13-29/h7,9-13H,2-6,8H2,1H3,(H,26,31)(H,28,30)/b27-17+. The van der Waals surface area contributed by atoms with Crippen molar-refractivity contribution in [3.63, 3.8) is 0 Å². The topological polar surface area (TPSA) is 114 Å². The van der Waals surface area contributed by atoms with Crippen molar-refractivity contribution in [1.82, 2.24) is 25.3 Å². The summed E-state index contributed by atoms with van der Waals surface area (Å²) >= 11 is 3.31. The number of carbonyl (C=O) groups excluding carboxylic acids is 2. The van der Waals surface area contributed by atoms with Crippen LogP contribution in [0.15, 0.2) is 51.2 Å². The van der Waals surface area contributed by atoms with E-state index >= 15 is 0 Å². The molecule has 32 heavy (non-hydrogen) atoms. The second-order valence-corrected chi connectivity index (χ2v) is 8.42. The number of hydrazone groups is 1. The highest BCUT2D eigenvalue weighted by Crippen LogP contribution is 2.29. The van der Waals surface area contributed by atoms with Crippen molar-refractivity contribution in [2.45, 2.75) is 39.2 Å². The number of aryl methyl sites for hydroxylation is 2. The fourth-order valence-corrected chi connectivity index (χ4v) is 4.04. The number of rotatable bonds is 7. The molecular formula is C22H23BrN6O3. The molecule has 9 nitrogen and oxygen atoms in total. The molecule has 3 heterocycles. The third-order valence-corrected chi connectivity index (χ3v) is 5.66. The van der Waals surface area contributed by atoms with E-state index in [4.69, 9.17) is 4.42 Å². The van der Waals surface area contributed by atoms with Crippen LogP contribution in [0.3, 0.4) is 0 Å². The molecule has 10 heteroatoms. The lowest BCUT2D eigenvalue weighted by Gasteiger charge is -2.13. The second-order valence-electron chi connectivity index (χ2n) is 7.51. The summed E-state index contributed by atoms with van der Waals surface area (Å²) in [7, 11) is 0. The van der Waals surface area contributed by atoms with Gasteiger partial charge in [0, 0.05) is 59.9 Å². The predicted molar refractivity (Wildman–Crippen MR) is 122 cm³/mol. The van der Waals surface area contributed by atoms with E-state index in [-0.39, 0.29) is 11.8 Å². The van der Waals surface area contributed by atoms with Gasteiger partial charge in [0.15, 0.2) is 5.76 Å². The number of aromatic nitrogens is 3. The zero-order chi connectivity index (χ0) is 22.5. The maximum absolute atomic E-state index is 12.7. The van der Waals surface area contributed by atoms with Gasteiger partial charge in [-0.1, -0.05) is 0 Å². The quantitative estimate of drug-likeness (QED) is 0.383. The Balaban J connectivity index is 1.43. The highest BCUT2D eigenvalue weighted by molar-refractivity contribution is 9.10. The van der Waals surface area contributed by atoms with E-state index in [1.165, 1.54) is 6.20 Å². The van der Waals surface area contributed by atoms with Gasteiger partial charge in [-0.15, -0.1) is 0 Å². The third kappa shape index (κ3) is 4.96. The van der Waals surface area contributed by atoms with E-state index in [9.17, 15) is 9.59 Å². The maximum atomic E-state index is 12.7. The molecule has 0 unspecified atom stereocenters. The SMILES string of the molecule is Cc1c(C(=O)NCCCn2ccnc2)oc2c1/C(=N/NC(=O)c1cncc(Br)c1)CCC2. The van der Waals surface area contributed by atoms with Crippen LogP contribution in [0.4, 0.5) is 0 Å². The van der Waals surface area contributed by atoms with Crippen molar-refractivity contribution < 1.29 is 14.0 Å². The Morgan fingerprint density at radius 2 is 2.12 bits per heavy atom. The van der Waals surface area contributed by atoms with Gasteiger partial charge in [0.2, 0.25) is 0 Å². The summed E-state index contributed by atoms with van der Waals surface area (Å²) < 4.78 is 8.58. The Morgan fingerprint density at radius 1 is 1.25 bits per heavy atom. The molecule has 0 atom stereocenters. The van der Waals surface area contributed by atoms with Gasteiger partial charge in [-0.05, 0) is 48.2 Å². The number of carbonyl (C=O) groups is 2. The van der Waals surface area contributed by atoms with Crippen molar-refractivity contribution in [2.24, 2.45) is 5.10 Å². The Hall–Kier alpha value is -3.27. The highest BCUT2D eigenvalue weighted by Gasteiger charge is 2.28. The Labute approximate surface area is 193 Å². The van der Waals surface area contributed by atoms with Crippen LogP contribution in [0.5, 0.6) is 0 Å². The van der Waals surface area contributed by atoms with E-state index in [0.717, 1.165) is 42.7 Å². The van der Waals surface area contributed by atoms with Crippen molar-refractivity contribution in [1.29, 1.82) is 0 Å². The monoisotopic (exact) mass is 498 g/mol. The van der Waals surface area contributed by atoms with Gasteiger partial charge in [0.1, 0.15) is 5.76 Å². The van der Waals surface area contributed by atoms with Gasteiger partial charge in [-0.3, -0.25) is 14.6 Å². The van der Waals surface area contributed by atoms with Crippen LogP contribution in [0.25, 0.3) is 0 Å². The molecule has 3 aromatic rings. The van der Waals surface area contributed by atoms with Crippen LogP contribution in [0.2, 0.25) is 0 Å². The molecule has 0 fully saturated rings. The first kappa shape index (κ1) is 21.9. The summed E-state index contributed by atoms with van der Waals surface area (Å²) in [6, 6.07) is 1.67. The largest absolute Gasteiger partial charge is 0.455 e. The number of pyridine rings is 1. The first-order chi connectivity index (χ1) is 15.5. The first-order valence-corrected chi connectivity index (χ1v) is 11.2. The summed E-state index contributed by atoms with van der Waals surface area (Å²) in [6.07, 6.45) is 11.5. The molecule has 0 radical (unpaired) electrons. The van der Waals surface area contributed by atoms with Gasteiger partial charge in [-0.25, -0.2) is 10.4 Å². The van der Waals surface area contributed by atoms with Gasteiger partial charge in [0.05, 0.1) is 17.6 Å². The minimum atomic E-state index is -0.351. The average Bonchev–Trinajstić information content (AvgIpc) is 3.43. The minimum absolute atomic E-state index is 0.244. The smallest absolute Gasteiger partial charge is 0.287 e. The second kappa shape index (κ2) is 9.90. The van der Waals surface area contributed by atoms with E-state index in [2.05, 4.69) is 41.7 Å². The first-order valence-electron chi connectivity index (χ1n) is 10.4. The normalized spacial score (nSPS) is 14.2. The van der Waals surface area contributed by atoms with E-state index in [1.807, 2.05) is 17.7 Å². The molecule has 2 N–H and O–H groups in total. The molecule has 3 aromatic heterocycles. The van der Waals surface area contributed by atoms with Crippen LogP contribution < -0.4 is 10.7 Å². The van der Waals surface area contributed by atoms with Crippen molar-refractivity contribution in [3.05, 3.63) is 69.9 Å². The summed E-state index contributed by atoms with van der Waals surface area (Å²) in [5.41, 5.74) is 5.26. The van der Waals surface area contributed by atoms with Crippen molar-refractivity contribution in [3.8, 4) is 0 Å². The summed E-state index contributed by atoms with van der Waals surface area (Å²) in [5, 5.41) is 7.26. The average molecular weight is 499 g/mol. The van der Waals surface area contributed by atoms with Crippen LogP contribution in [-0.4, -0.2) is 38.6 Å². The Bertz CT molecular complexity index is 1150. The van der Waals surface area contributed by atoms with Crippen LogP contribution in [0.1, 0.15) is 57.1 Å². The minimum Gasteiger partial charge on any atom is -0.455 e. The number of fused-ring (bicyclic) bond motifs is 1. The molecule has 0 aliphatic heterocycles. The fraction of sp³-hybridized carbons (Fsp3) is 0.318. The molecular weight excluding hydrogens is 476 g/mol. The molecule has 0 aromatic carbocycles. The molecule has 1 aliphatic rings. The van der Waals surface area contributed by atoms with Gasteiger partial charge in [-0.2, -0.15) is 5.10 Å². The third-order valence-electron chi connectivity index (χ3n) is 5.23. The zero-order valence-electron chi connectivity index (χ0n) is 17.6. The summed E-state index contributed by atoms with van der Waals surface area (Å²) in [4.78, 5) is 33.1. The summed E-state index contributed by atoms with van der Waals surface area (Å²) in [6.45, 7) is 3.15. The zero-order valence-corrected chi connectivity index (χ0v) is 19.2. The number of halogens is 1. The lowest BCUT2D eigenvalue weighted by Crippen LogP contribution is -2.25. The number of furan rings is 1. The number of imidazole rings is 1. The van der Waals surface area contributed by atoms with E-state index < -0.39 is 0 Å². The van der Waals surface area contributed by atoms with E-state index in [1.54, 1.807) is 24.8 Å². The van der Waals surface area contributed by atoms with Crippen molar-refractivity contribution in [2.75, 3.05) is 6.54 Å². The van der Waals surface area contributed by atoms with Crippen molar-refractivity contribution >= 4 is 33.5 Å². The van der Waals surface area contributed by atoms with Gasteiger partial charge < -0.3 is 14.3 Å². The molecule has 166 valence electrons. The Morgan fingerprint density at radius 3 is 2.91 bits per heavy atom. The van der Waals surface area contributed by atoms with Gasteiger partial charge >= 0.3 is 0 Å². The highest BCUT2D eigenvalue weighted by atomic mass is 79.9. The van der Waals surface area contributed by atoms with E-state index in [0.29, 0.717) is 34.5 Å². The molecule has 2 amide bonds. The predicted octanol–water partition coefficient (Wildman–Crippen LogP) is 3.23. The molecule has 0 saturated heterocycles. The lowest BCUT2D eigenvalue weighted by atomic mass is 9.93. The van der Waals surface area contributed by atoms with Crippen LogP contribution in [0, 0.1) is 6.92 Å². The molecule has 0 bridgehead atoms. The molecule has 4 rings (SSSR count). The number of amides is 2. The molecule has 0 saturated carbocycles.